The summed E-state index contributed by atoms with van der Waals surface area (Å²) in [6.07, 6.45) is 0.114. The highest BCUT2D eigenvalue weighted by molar-refractivity contribution is 7.11. The Kier molecular flexibility index (Phi) is 5.39. The standard InChI is InChI=1S/C14H22N2O3S/c1-10(17)7-12-9-19-6-5-16(12)14(18)15-8-13-4-3-11(2)20-13/h3-4,10,12,17H,5-9H2,1-2H3,(H,15,18)/t10-,12-/m1/s1. The van der Waals surface area contributed by atoms with Crippen molar-refractivity contribution in [1.29, 1.82) is 0 Å². The molecule has 0 bridgehead atoms. The highest BCUT2D eigenvalue weighted by Gasteiger charge is 2.28. The lowest BCUT2D eigenvalue weighted by atomic mass is 10.1. The van der Waals surface area contributed by atoms with Crippen LogP contribution in [0.3, 0.4) is 0 Å². The maximum atomic E-state index is 12.3. The number of aliphatic hydroxyl groups excluding tert-OH is 1. The maximum Gasteiger partial charge on any atom is 0.318 e. The molecule has 2 rings (SSSR count). The maximum absolute atomic E-state index is 12.3. The Morgan fingerprint density at radius 1 is 1.65 bits per heavy atom. The molecule has 1 aliphatic heterocycles. The van der Waals surface area contributed by atoms with Crippen molar-refractivity contribution < 1.29 is 14.6 Å². The molecule has 0 radical (unpaired) electrons. The van der Waals surface area contributed by atoms with Gasteiger partial charge in [0.2, 0.25) is 0 Å². The van der Waals surface area contributed by atoms with Gasteiger partial charge in [-0.05, 0) is 32.4 Å². The Morgan fingerprint density at radius 2 is 2.45 bits per heavy atom. The molecule has 20 heavy (non-hydrogen) atoms. The van der Waals surface area contributed by atoms with E-state index in [9.17, 15) is 9.90 Å². The molecule has 0 unspecified atom stereocenters. The van der Waals surface area contributed by atoms with E-state index < -0.39 is 6.10 Å². The molecule has 5 nitrogen and oxygen atoms in total. The summed E-state index contributed by atoms with van der Waals surface area (Å²) in [5, 5.41) is 12.4. The van der Waals surface area contributed by atoms with E-state index in [0.29, 0.717) is 32.7 Å². The SMILES string of the molecule is Cc1ccc(CNC(=O)N2CCOC[C@H]2C[C@@H](C)O)s1. The van der Waals surface area contributed by atoms with Gasteiger partial charge in [-0.15, -0.1) is 11.3 Å². The second kappa shape index (κ2) is 7.06. The number of morpholine rings is 1. The van der Waals surface area contributed by atoms with Crippen LogP contribution in [0.25, 0.3) is 0 Å². The zero-order valence-corrected chi connectivity index (χ0v) is 12.8. The van der Waals surface area contributed by atoms with E-state index in [-0.39, 0.29) is 12.1 Å². The molecule has 1 aromatic heterocycles. The molecule has 1 aliphatic rings. The number of carbonyl (C=O) groups excluding carboxylic acids is 1. The topological polar surface area (TPSA) is 61.8 Å². The van der Waals surface area contributed by atoms with E-state index in [1.165, 1.54) is 4.88 Å². The quantitative estimate of drug-likeness (QED) is 0.890. The molecule has 2 amide bonds. The summed E-state index contributed by atoms with van der Waals surface area (Å²) in [7, 11) is 0. The summed E-state index contributed by atoms with van der Waals surface area (Å²) in [4.78, 5) is 16.4. The van der Waals surface area contributed by atoms with Crippen molar-refractivity contribution in [2.45, 2.75) is 39.0 Å². The third-order valence-corrected chi connectivity index (χ3v) is 4.31. The number of carbonyl (C=O) groups is 1. The van der Waals surface area contributed by atoms with Crippen LogP contribution in [-0.2, 0) is 11.3 Å². The predicted molar refractivity (Wildman–Crippen MR) is 78.9 cm³/mol. The number of amides is 2. The minimum Gasteiger partial charge on any atom is -0.393 e. The van der Waals surface area contributed by atoms with Crippen molar-refractivity contribution in [3.05, 3.63) is 21.9 Å². The lowest BCUT2D eigenvalue weighted by Crippen LogP contribution is -2.53. The van der Waals surface area contributed by atoms with Gasteiger partial charge >= 0.3 is 6.03 Å². The van der Waals surface area contributed by atoms with Crippen LogP contribution in [0.5, 0.6) is 0 Å². The molecule has 2 N–H and O–H groups in total. The molecule has 6 heteroatoms. The van der Waals surface area contributed by atoms with Crippen LogP contribution >= 0.6 is 11.3 Å². The molecule has 112 valence electrons. The van der Waals surface area contributed by atoms with E-state index in [1.54, 1.807) is 23.2 Å². The summed E-state index contributed by atoms with van der Waals surface area (Å²) >= 11 is 1.69. The van der Waals surface area contributed by atoms with E-state index in [2.05, 4.69) is 18.3 Å². The van der Waals surface area contributed by atoms with Crippen molar-refractivity contribution in [1.82, 2.24) is 10.2 Å². The molecule has 0 aromatic carbocycles. The van der Waals surface area contributed by atoms with Gasteiger partial charge in [0.05, 0.1) is 31.9 Å². The highest BCUT2D eigenvalue weighted by atomic mass is 32.1. The van der Waals surface area contributed by atoms with E-state index in [4.69, 9.17) is 4.74 Å². The Bertz CT molecular complexity index is 447. The van der Waals surface area contributed by atoms with Crippen LogP contribution < -0.4 is 5.32 Å². The molecule has 1 aromatic rings. The summed E-state index contributed by atoms with van der Waals surface area (Å²) in [5.74, 6) is 0. The average molecular weight is 298 g/mol. The van der Waals surface area contributed by atoms with Crippen molar-refractivity contribution >= 4 is 17.4 Å². The fraction of sp³-hybridized carbons (Fsp3) is 0.643. The fourth-order valence-electron chi connectivity index (χ4n) is 2.36. The molecule has 2 heterocycles. The largest absolute Gasteiger partial charge is 0.393 e. The number of hydrogen-bond donors (Lipinski definition) is 2. The Labute approximate surface area is 123 Å². The number of rotatable bonds is 4. The van der Waals surface area contributed by atoms with Gasteiger partial charge in [-0.1, -0.05) is 0 Å². The Balaban J connectivity index is 1.88. The number of ether oxygens (including phenoxy) is 1. The van der Waals surface area contributed by atoms with Crippen molar-refractivity contribution in [2.24, 2.45) is 0 Å². The Morgan fingerprint density at radius 3 is 3.10 bits per heavy atom. The molecule has 1 saturated heterocycles. The molecule has 0 aliphatic carbocycles. The van der Waals surface area contributed by atoms with Crippen molar-refractivity contribution in [2.75, 3.05) is 19.8 Å². The fourth-order valence-corrected chi connectivity index (χ4v) is 3.19. The third kappa shape index (κ3) is 4.19. The van der Waals surface area contributed by atoms with Gasteiger partial charge in [0, 0.05) is 16.3 Å². The second-order valence-corrected chi connectivity index (χ2v) is 6.55. The molecular formula is C14H22N2O3S. The van der Waals surface area contributed by atoms with Crippen LogP contribution in [0.15, 0.2) is 12.1 Å². The van der Waals surface area contributed by atoms with Crippen LogP contribution in [0.4, 0.5) is 4.79 Å². The van der Waals surface area contributed by atoms with Crippen LogP contribution in [-0.4, -0.2) is 47.9 Å². The van der Waals surface area contributed by atoms with E-state index >= 15 is 0 Å². The van der Waals surface area contributed by atoms with Gasteiger partial charge < -0.3 is 20.1 Å². The average Bonchev–Trinajstić information content (AvgIpc) is 2.82. The number of hydrogen-bond acceptors (Lipinski definition) is 4. The number of urea groups is 1. The smallest absolute Gasteiger partial charge is 0.318 e. The first-order valence-electron chi connectivity index (χ1n) is 6.92. The first-order valence-corrected chi connectivity index (χ1v) is 7.73. The Hall–Kier alpha value is -1.11. The van der Waals surface area contributed by atoms with Gasteiger partial charge in [-0.25, -0.2) is 4.79 Å². The lowest BCUT2D eigenvalue weighted by Gasteiger charge is -2.36. The highest BCUT2D eigenvalue weighted by Crippen LogP contribution is 2.16. The van der Waals surface area contributed by atoms with Gasteiger partial charge in [-0.2, -0.15) is 0 Å². The zero-order valence-electron chi connectivity index (χ0n) is 12.0. The first kappa shape index (κ1) is 15.3. The number of thiophene rings is 1. The summed E-state index contributed by atoms with van der Waals surface area (Å²) in [6.45, 7) is 5.97. The van der Waals surface area contributed by atoms with Crippen LogP contribution in [0.2, 0.25) is 0 Å². The van der Waals surface area contributed by atoms with Gasteiger partial charge in [-0.3, -0.25) is 0 Å². The molecule has 0 saturated carbocycles. The number of nitrogens with zero attached hydrogens (tertiary/aromatic N) is 1. The first-order chi connectivity index (χ1) is 9.56. The zero-order chi connectivity index (χ0) is 14.5. The molecule has 1 fully saturated rings. The van der Waals surface area contributed by atoms with Crippen molar-refractivity contribution in [3.63, 3.8) is 0 Å². The summed E-state index contributed by atoms with van der Waals surface area (Å²) in [5.41, 5.74) is 0. The second-order valence-electron chi connectivity index (χ2n) is 5.18. The minimum atomic E-state index is -0.433. The minimum absolute atomic E-state index is 0.0474. The molecule has 2 atom stereocenters. The third-order valence-electron chi connectivity index (χ3n) is 3.31. The van der Waals surface area contributed by atoms with Crippen LogP contribution in [0.1, 0.15) is 23.1 Å². The number of aryl methyl sites for hydroxylation is 1. The summed E-state index contributed by atoms with van der Waals surface area (Å²) in [6, 6.07) is 3.96. The van der Waals surface area contributed by atoms with Crippen molar-refractivity contribution in [3.8, 4) is 0 Å². The van der Waals surface area contributed by atoms with Gasteiger partial charge in [0.25, 0.3) is 0 Å². The van der Waals surface area contributed by atoms with Gasteiger partial charge in [0.15, 0.2) is 0 Å². The van der Waals surface area contributed by atoms with Crippen LogP contribution in [0, 0.1) is 6.92 Å². The number of nitrogens with one attached hydrogen (secondary N) is 1. The van der Waals surface area contributed by atoms with Gasteiger partial charge in [0.1, 0.15) is 0 Å². The number of aliphatic hydroxyl groups is 1. The van der Waals surface area contributed by atoms with E-state index in [0.717, 1.165) is 4.88 Å². The predicted octanol–water partition coefficient (Wildman–Crippen LogP) is 1.74. The molecular weight excluding hydrogens is 276 g/mol. The monoisotopic (exact) mass is 298 g/mol. The molecule has 0 spiro atoms. The summed E-state index contributed by atoms with van der Waals surface area (Å²) < 4.78 is 5.40. The normalized spacial score (nSPS) is 20.8. The van der Waals surface area contributed by atoms with E-state index in [1.807, 2.05) is 6.07 Å². The lowest BCUT2D eigenvalue weighted by molar-refractivity contribution is -0.00436.